The Morgan fingerprint density at radius 2 is 2.21 bits per heavy atom. The summed E-state index contributed by atoms with van der Waals surface area (Å²) in [5.74, 6) is -1.07. The van der Waals surface area contributed by atoms with Crippen LogP contribution in [0.15, 0.2) is 24.3 Å². The van der Waals surface area contributed by atoms with E-state index in [4.69, 9.17) is 4.74 Å². The Balaban J connectivity index is 1.94. The lowest BCUT2D eigenvalue weighted by Crippen LogP contribution is -2.31. The van der Waals surface area contributed by atoms with Crippen LogP contribution in [-0.2, 0) is 4.79 Å². The number of halogens is 1. The smallest absolute Gasteiger partial charge is 0.310 e. The van der Waals surface area contributed by atoms with Gasteiger partial charge in [-0.25, -0.2) is 4.39 Å². The molecule has 5 heteroatoms. The summed E-state index contributed by atoms with van der Waals surface area (Å²) in [6, 6.07) is 5.62. The molecule has 1 heterocycles. The molecule has 4 nitrogen and oxygen atoms in total. The van der Waals surface area contributed by atoms with Gasteiger partial charge in [0.05, 0.1) is 5.92 Å². The second-order valence-corrected chi connectivity index (χ2v) is 5.02. The van der Waals surface area contributed by atoms with E-state index in [1.165, 1.54) is 24.3 Å². The molecule has 2 unspecified atom stereocenters. The summed E-state index contributed by atoms with van der Waals surface area (Å²) in [5.41, 5.74) is 0. The van der Waals surface area contributed by atoms with E-state index in [0.717, 1.165) is 19.5 Å². The number of carboxylic acids is 1. The number of ether oxygens (including phenoxy) is 1. The van der Waals surface area contributed by atoms with Gasteiger partial charge in [-0.1, -0.05) is 0 Å². The SMILES string of the molecule is CN1CCC(C(COc2ccc(F)cc2)C(=O)O)C1. The first-order valence-corrected chi connectivity index (χ1v) is 6.36. The molecule has 1 saturated heterocycles. The molecule has 2 atom stereocenters. The zero-order chi connectivity index (χ0) is 13.8. The van der Waals surface area contributed by atoms with Crippen molar-refractivity contribution < 1.29 is 19.0 Å². The number of benzene rings is 1. The van der Waals surface area contributed by atoms with Gasteiger partial charge in [0.15, 0.2) is 0 Å². The molecule has 1 N–H and O–H groups in total. The molecular weight excluding hydrogens is 249 g/mol. The van der Waals surface area contributed by atoms with Gasteiger partial charge in [0.1, 0.15) is 18.2 Å². The van der Waals surface area contributed by atoms with Crippen molar-refractivity contribution in [2.24, 2.45) is 11.8 Å². The van der Waals surface area contributed by atoms with Crippen molar-refractivity contribution >= 4 is 5.97 Å². The van der Waals surface area contributed by atoms with Crippen LogP contribution < -0.4 is 4.74 Å². The summed E-state index contributed by atoms with van der Waals surface area (Å²) in [7, 11) is 1.99. The van der Waals surface area contributed by atoms with Crippen LogP contribution in [0.25, 0.3) is 0 Å². The fourth-order valence-electron chi connectivity index (χ4n) is 2.42. The molecule has 0 aliphatic carbocycles. The number of nitrogens with zero attached hydrogens (tertiary/aromatic N) is 1. The number of hydrogen-bond acceptors (Lipinski definition) is 3. The van der Waals surface area contributed by atoms with Gasteiger partial charge < -0.3 is 14.7 Å². The van der Waals surface area contributed by atoms with Crippen LogP contribution in [0.2, 0.25) is 0 Å². The lowest BCUT2D eigenvalue weighted by molar-refractivity contribution is -0.144. The Bertz CT molecular complexity index is 435. The summed E-state index contributed by atoms with van der Waals surface area (Å²) >= 11 is 0. The highest BCUT2D eigenvalue weighted by Gasteiger charge is 2.33. The normalized spacial score (nSPS) is 21.3. The van der Waals surface area contributed by atoms with E-state index in [1.807, 2.05) is 7.05 Å². The van der Waals surface area contributed by atoms with Gasteiger partial charge in [0, 0.05) is 6.54 Å². The molecular formula is C14H18FNO3. The van der Waals surface area contributed by atoms with Gasteiger partial charge >= 0.3 is 5.97 Å². The van der Waals surface area contributed by atoms with E-state index < -0.39 is 11.9 Å². The van der Waals surface area contributed by atoms with Crippen molar-refractivity contribution in [2.75, 3.05) is 26.7 Å². The summed E-state index contributed by atoms with van der Waals surface area (Å²) < 4.78 is 18.2. The largest absolute Gasteiger partial charge is 0.493 e. The molecule has 1 fully saturated rings. The second-order valence-electron chi connectivity index (χ2n) is 5.02. The van der Waals surface area contributed by atoms with Crippen molar-refractivity contribution in [3.8, 4) is 5.75 Å². The fraction of sp³-hybridized carbons (Fsp3) is 0.500. The van der Waals surface area contributed by atoms with Crippen LogP contribution in [0, 0.1) is 17.7 Å². The minimum Gasteiger partial charge on any atom is -0.493 e. The highest BCUT2D eigenvalue weighted by Crippen LogP contribution is 2.24. The molecule has 0 bridgehead atoms. The predicted octanol–water partition coefficient (Wildman–Crippen LogP) is 1.86. The van der Waals surface area contributed by atoms with E-state index in [9.17, 15) is 14.3 Å². The topological polar surface area (TPSA) is 49.8 Å². The standard InChI is InChI=1S/C14H18FNO3/c1-16-7-6-10(8-16)13(14(17)18)9-19-12-4-2-11(15)3-5-12/h2-5,10,13H,6-9H2,1H3,(H,17,18). The third-order valence-electron chi connectivity index (χ3n) is 3.56. The van der Waals surface area contributed by atoms with E-state index in [2.05, 4.69) is 4.90 Å². The Morgan fingerprint density at radius 3 is 2.74 bits per heavy atom. The quantitative estimate of drug-likeness (QED) is 0.884. The molecule has 1 aromatic rings. The molecule has 0 spiro atoms. The van der Waals surface area contributed by atoms with Crippen LogP contribution in [0.1, 0.15) is 6.42 Å². The summed E-state index contributed by atoms with van der Waals surface area (Å²) in [5, 5.41) is 9.28. The van der Waals surface area contributed by atoms with Crippen molar-refractivity contribution in [2.45, 2.75) is 6.42 Å². The summed E-state index contributed by atoms with van der Waals surface area (Å²) in [6.07, 6.45) is 0.875. The number of carbonyl (C=O) groups is 1. The molecule has 0 saturated carbocycles. The van der Waals surface area contributed by atoms with Crippen LogP contribution in [0.3, 0.4) is 0 Å². The minimum atomic E-state index is -0.831. The van der Waals surface area contributed by atoms with Crippen LogP contribution in [-0.4, -0.2) is 42.7 Å². The van der Waals surface area contributed by atoms with E-state index in [1.54, 1.807) is 0 Å². The average Bonchev–Trinajstić information content (AvgIpc) is 2.78. The molecule has 2 rings (SSSR count). The Hall–Kier alpha value is -1.62. The number of rotatable bonds is 5. The molecule has 104 valence electrons. The van der Waals surface area contributed by atoms with Gasteiger partial charge in [-0.3, -0.25) is 4.79 Å². The first-order chi connectivity index (χ1) is 9.06. The Labute approximate surface area is 111 Å². The predicted molar refractivity (Wildman–Crippen MR) is 68.6 cm³/mol. The molecule has 1 aromatic carbocycles. The van der Waals surface area contributed by atoms with Crippen LogP contribution in [0.4, 0.5) is 4.39 Å². The van der Waals surface area contributed by atoms with Gasteiger partial charge in [-0.05, 0) is 50.2 Å². The Morgan fingerprint density at radius 1 is 1.53 bits per heavy atom. The third-order valence-corrected chi connectivity index (χ3v) is 3.56. The van der Waals surface area contributed by atoms with E-state index in [0.29, 0.717) is 5.75 Å². The second kappa shape index (κ2) is 6.02. The lowest BCUT2D eigenvalue weighted by Gasteiger charge is -2.19. The Kier molecular flexibility index (Phi) is 4.37. The highest BCUT2D eigenvalue weighted by molar-refractivity contribution is 5.70. The molecule has 0 amide bonds. The van der Waals surface area contributed by atoms with Crippen molar-refractivity contribution in [3.63, 3.8) is 0 Å². The number of hydrogen-bond donors (Lipinski definition) is 1. The summed E-state index contributed by atoms with van der Waals surface area (Å²) in [6.45, 7) is 1.83. The van der Waals surface area contributed by atoms with Gasteiger partial charge in [-0.15, -0.1) is 0 Å². The number of aliphatic carboxylic acids is 1. The van der Waals surface area contributed by atoms with Crippen molar-refractivity contribution in [1.29, 1.82) is 0 Å². The van der Waals surface area contributed by atoms with Crippen LogP contribution in [0.5, 0.6) is 5.75 Å². The molecule has 1 aliphatic heterocycles. The zero-order valence-corrected chi connectivity index (χ0v) is 10.9. The zero-order valence-electron chi connectivity index (χ0n) is 10.9. The molecule has 0 aromatic heterocycles. The lowest BCUT2D eigenvalue weighted by atomic mass is 9.92. The maximum Gasteiger partial charge on any atom is 0.310 e. The van der Waals surface area contributed by atoms with E-state index >= 15 is 0 Å². The third kappa shape index (κ3) is 3.67. The maximum atomic E-state index is 12.7. The first kappa shape index (κ1) is 13.8. The van der Waals surface area contributed by atoms with Crippen molar-refractivity contribution in [3.05, 3.63) is 30.1 Å². The van der Waals surface area contributed by atoms with E-state index in [-0.39, 0.29) is 18.3 Å². The first-order valence-electron chi connectivity index (χ1n) is 6.36. The summed E-state index contributed by atoms with van der Waals surface area (Å²) in [4.78, 5) is 13.4. The average molecular weight is 267 g/mol. The number of likely N-dealkylation sites (tertiary alicyclic amines) is 1. The highest BCUT2D eigenvalue weighted by atomic mass is 19.1. The number of carboxylic acid groups (broad SMARTS) is 1. The molecule has 0 radical (unpaired) electrons. The molecule has 19 heavy (non-hydrogen) atoms. The van der Waals surface area contributed by atoms with Gasteiger partial charge in [0.2, 0.25) is 0 Å². The van der Waals surface area contributed by atoms with Crippen molar-refractivity contribution in [1.82, 2.24) is 4.90 Å². The maximum absolute atomic E-state index is 12.7. The minimum absolute atomic E-state index is 0.114. The van der Waals surface area contributed by atoms with Gasteiger partial charge in [-0.2, -0.15) is 0 Å². The molecule has 1 aliphatic rings. The van der Waals surface area contributed by atoms with Crippen LogP contribution >= 0.6 is 0 Å². The van der Waals surface area contributed by atoms with Gasteiger partial charge in [0.25, 0.3) is 0 Å². The monoisotopic (exact) mass is 267 g/mol. The fourth-order valence-corrected chi connectivity index (χ4v) is 2.42.